The first-order valence-electron chi connectivity index (χ1n) is 6.48. The average Bonchev–Trinajstić information content (AvgIpc) is 2.79. The lowest BCUT2D eigenvalue weighted by Crippen LogP contribution is -2.38. The summed E-state index contributed by atoms with van der Waals surface area (Å²) in [6.45, 7) is 4.02. The summed E-state index contributed by atoms with van der Waals surface area (Å²) in [7, 11) is 1.29. The molecular formula is C15H16N2O4. The van der Waals surface area contributed by atoms with Crippen LogP contribution in [-0.2, 0) is 14.3 Å². The molecule has 1 unspecified atom stereocenters. The summed E-state index contributed by atoms with van der Waals surface area (Å²) in [5.74, 6) is -1.04. The number of anilines is 1. The van der Waals surface area contributed by atoms with Crippen LogP contribution in [0.4, 0.5) is 5.69 Å². The number of carbonyl (C=O) groups excluding carboxylic acids is 3. The Morgan fingerprint density at radius 3 is 2.67 bits per heavy atom. The van der Waals surface area contributed by atoms with Gasteiger partial charge in [0.15, 0.2) is 0 Å². The highest BCUT2D eigenvalue weighted by Gasteiger charge is 2.38. The zero-order valence-electron chi connectivity index (χ0n) is 11.7. The van der Waals surface area contributed by atoms with E-state index in [4.69, 9.17) is 0 Å². The average molecular weight is 288 g/mol. The molecule has 0 bridgehead atoms. The molecule has 1 heterocycles. The lowest BCUT2D eigenvalue weighted by molar-refractivity contribution is -0.121. The van der Waals surface area contributed by atoms with Crippen molar-refractivity contribution in [2.24, 2.45) is 0 Å². The standard InChI is InChI=1S/C15H16N2O4/c1-3-8-16-12-9-13(18)17(14(12)19)11-6-4-10(5-7-11)15(20)21-2/h3-7,12,16H,1,8-9H2,2H3. The fourth-order valence-corrected chi connectivity index (χ4v) is 2.15. The number of esters is 1. The summed E-state index contributed by atoms with van der Waals surface area (Å²) in [6.07, 6.45) is 1.75. The van der Waals surface area contributed by atoms with Crippen LogP contribution in [0.2, 0.25) is 0 Å². The first-order chi connectivity index (χ1) is 10.1. The Bertz CT molecular complexity index is 580. The van der Waals surface area contributed by atoms with Gasteiger partial charge in [-0.15, -0.1) is 6.58 Å². The van der Waals surface area contributed by atoms with Crippen LogP contribution < -0.4 is 10.2 Å². The minimum Gasteiger partial charge on any atom is -0.465 e. The number of imide groups is 1. The van der Waals surface area contributed by atoms with E-state index in [0.717, 1.165) is 4.90 Å². The van der Waals surface area contributed by atoms with Gasteiger partial charge in [-0.1, -0.05) is 6.08 Å². The Morgan fingerprint density at radius 2 is 2.10 bits per heavy atom. The van der Waals surface area contributed by atoms with Gasteiger partial charge >= 0.3 is 5.97 Å². The predicted octanol–water partition coefficient (Wildman–Crippen LogP) is 0.881. The number of rotatable bonds is 5. The second-order valence-corrected chi connectivity index (χ2v) is 4.56. The van der Waals surface area contributed by atoms with Crippen LogP contribution in [0.15, 0.2) is 36.9 Å². The van der Waals surface area contributed by atoms with Crippen molar-refractivity contribution in [3.63, 3.8) is 0 Å². The molecule has 1 aromatic rings. The van der Waals surface area contributed by atoms with Gasteiger partial charge < -0.3 is 10.1 Å². The lowest BCUT2D eigenvalue weighted by Gasteiger charge is -2.15. The van der Waals surface area contributed by atoms with Gasteiger partial charge in [0, 0.05) is 6.54 Å². The third-order valence-electron chi connectivity index (χ3n) is 3.20. The minimum atomic E-state index is -0.532. The van der Waals surface area contributed by atoms with Gasteiger partial charge in [-0.05, 0) is 24.3 Å². The molecule has 2 rings (SSSR count). The SMILES string of the molecule is C=CCNC1CC(=O)N(c2ccc(C(=O)OC)cc2)C1=O. The molecule has 1 aliphatic heterocycles. The summed E-state index contributed by atoms with van der Waals surface area (Å²) in [5.41, 5.74) is 0.808. The Morgan fingerprint density at radius 1 is 1.43 bits per heavy atom. The van der Waals surface area contributed by atoms with Gasteiger partial charge in [-0.25, -0.2) is 9.69 Å². The van der Waals surface area contributed by atoms with Crippen molar-refractivity contribution in [3.05, 3.63) is 42.5 Å². The van der Waals surface area contributed by atoms with E-state index in [0.29, 0.717) is 17.8 Å². The van der Waals surface area contributed by atoms with Crippen LogP contribution in [-0.4, -0.2) is 37.5 Å². The largest absolute Gasteiger partial charge is 0.465 e. The Balaban J connectivity index is 2.17. The maximum Gasteiger partial charge on any atom is 0.337 e. The maximum atomic E-state index is 12.2. The fourth-order valence-electron chi connectivity index (χ4n) is 2.15. The van der Waals surface area contributed by atoms with E-state index in [1.807, 2.05) is 0 Å². The van der Waals surface area contributed by atoms with Gasteiger partial charge in [0.2, 0.25) is 5.91 Å². The molecular weight excluding hydrogens is 272 g/mol. The van der Waals surface area contributed by atoms with E-state index in [1.165, 1.54) is 19.2 Å². The number of amides is 2. The molecule has 0 radical (unpaired) electrons. The summed E-state index contributed by atoms with van der Waals surface area (Å²) < 4.78 is 4.60. The van der Waals surface area contributed by atoms with Crippen molar-refractivity contribution < 1.29 is 19.1 Å². The van der Waals surface area contributed by atoms with Crippen LogP contribution in [0.5, 0.6) is 0 Å². The van der Waals surface area contributed by atoms with Crippen molar-refractivity contribution in [3.8, 4) is 0 Å². The summed E-state index contributed by atoms with van der Waals surface area (Å²) >= 11 is 0. The highest BCUT2D eigenvalue weighted by Crippen LogP contribution is 2.23. The third-order valence-corrected chi connectivity index (χ3v) is 3.20. The number of ether oxygens (including phenoxy) is 1. The van der Waals surface area contributed by atoms with Gasteiger partial charge in [0.05, 0.1) is 30.8 Å². The van der Waals surface area contributed by atoms with Crippen LogP contribution in [0.1, 0.15) is 16.8 Å². The van der Waals surface area contributed by atoms with E-state index in [-0.39, 0.29) is 18.2 Å². The zero-order valence-corrected chi connectivity index (χ0v) is 11.7. The van der Waals surface area contributed by atoms with E-state index < -0.39 is 12.0 Å². The second kappa shape index (κ2) is 6.32. The Kier molecular flexibility index (Phi) is 4.49. The smallest absolute Gasteiger partial charge is 0.337 e. The molecule has 2 amide bonds. The molecule has 0 aromatic heterocycles. The second-order valence-electron chi connectivity index (χ2n) is 4.56. The van der Waals surface area contributed by atoms with Crippen molar-refractivity contribution in [2.45, 2.75) is 12.5 Å². The number of benzene rings is 1. The first-order valence-corrected chi connectivity index (χ1v) is 6.48. The Hall–Kier alpha value is -2.47. The molecule has 0 saturated carbocycles. The van der Waals surface area contributed by atoms with E-state index >= 15 is 0 Å². The summed E-state index contributed by atoms with van der Waals surface area (Å²) in [5, 5.41) is 2.95. The molecule has 1 fully saturated rings. The van der Waals surface area contributed by atoms with Gasteiger partial charge in [0.1, 0.15) is 0 Å². The van der Waals surface area contributed by atoms with Crippen LogP contribution in [0, 0.1) is 0 Å². The molecule has 1 aliphatic rings. The predicted molar refractivity (Wildman–Crippen MR) is 76.9 cm³/mol. The van der Waals surface area contributed by atoms with Crippen molar-refractivity contribution in [2.75, 3.05) is 18.6 Å². The molecule has 0 spiro atoms. The molecule has 1 saturated heterocycles. The van der Waals surface area contributed by atoms with Gasteiger partial charge in [-0.3, -0.25) is 9.59 Å². The number of hydrogen-bond acceptors (Lipinski definition) is 5. The molecule has 1 aromatic carbocycles. The highest BCUT2D eigenvalue weighted by molar-refractivity contribution is 6.22. The topological polar surface area (TPSA) is 75.7 Å². The lowest BCUT2D eigenvalue weighted by atomic mass is 10.2. The Labute approximate surface area is 122 Å². The molecule has 1 N–H and O–H groups in total. The quantitative estimate of drug-likeness (QED) is 0.494. The maximum absolute atomic E-state index is 12.2. The highest BCUT2D eigenvalue weighted by atomic mass is 16.5. The molecule has 0 aliphatic carbocycles. The third kappa shape index (κ3) is 3.00. The number of hydrogen-bond donors (Lipinski definition) is 1. The molecule has 6 heteroatoms. The summed E-state index contributed by atoms with van der Waals surface area (Å²) in [6, 6.07) is 5.62. The van der Waals surface area contributed by atoms with Crippen LogP contribution >= 0.6 is 0 Å². The van der Waals surface area contributed by atoms with E-state index in [1.54, 1.807) is 18.2 Å². The summed E-state index contributed by atoms with van der Waals surface area (Å²) in [4.78, 5) is 36.7. The normalized spacial score (nSPS) is 18.0. The van der Waals surface area contributed by atoms with Crippen LogP contribution in [0.3, 0.4) is 0 Å². The fraction of sp³-hybridized carbons (Fsp3) is 0.267. The molecule has 6 nitrogen and oxygen atoms in total. The van der Waals surface area contributed by atoms with Crippen molar-refractivity contribution in [1.29, 1.82) is 0 Å². The number of methoxy groups -OCH3 is 1. The first kappa shape index (κ1) is 14.9. The van der Waals surface area contributed by atoms with Gasteiger partial charge in [0.25, 0.3) is 5.91 Å². The minimum absolute atomic E-state index is 0.116. The van der Waals surface area contributed by atoms with Crippen molar-refractivity contribution in [1.82, 2.24) is 5.32 Å². The molecule has 110 valence electrons. The van der Waals surface area contributed by atoms with E-state index in [9.17, 15) is 14.4 Å². The zero-order chi connectivity index (χ0) is 15.4. The van der Waals surface area contributed by atoms with Crippen molar-refractivity contribution >= 4 is 23.5 Å². The molecule has 1 atom stereocenters. The molecule has 21 heavy (non-hydrogen) atoms. The number of nitrogens with zero attached hydrogens (tertiary/aromatic N) is 1. The number of nitrogens with one attached hydrogen (secondary N) is 1. The van der Waals surface area contributed by atoms with E-state index in [2.05, 4.69) is 16.6 Å². The van der Waals surface area contributed by atoms with Crippen LogP contribution in [0.25, 0.3) is 0 Å². The van der Waals surface area contributed by atoms with Gasteiger partial charge in [-0.2, -0.15) is 0 Å². The monoisotopic (exact) mass is 288 g/mol. The number of carbonyl (C=O) groups is 3.